The second-order valence-corrected chi connectivity index (χ2v) is 6.34. The lowest BCUT2D eigenvalue weighted by Crippen LogP contribution is -2.35. The lowest BCUT2D eigenvalue weighted by atomic mass is 10.1. The second kappa shape index (κ2) is 7.46. The van der Waals surface area contributed by atoms with Crippen molar-refractivity contribution < 1.29 is 9.59 Å². The van der Waals surface area contributed by atoms with Gasteiger partial charge < -0.3 is 4.90 Å². The summed E-state index contributed by atoms with van der Waals surface area (Å²) in [6.07, 6.45) is 3.85. The highest BCUT2D eigenvalue weighted by molar-refractivity contribution is 5.90. The highest BCUT2D eigenvalue weighted by Gasteiger charge is 2.32. The minimum atomic E-state index is -0.151. The van der Waals surface area contributed by atoms with Crippen LogP contribution in [0.15, 0.2) is 30.6 Å². The predicted octanol–water partition coefficient (Wildman–Crippen LogP) is 1.90. The molecule has 2 amide bonds. The first-order valence-corrected chi connectivity index (χ1v) is 8.58. The maximum atomic E-state index is 12.3. The van der Waals surface area contributed by atoms with Crippen molar-refractivity contribution in [3.8, 4) is 0 Å². The number of likely N-dealkylation sites (tertiary alicyclic amines) is 1. The van der Waals surface area contributed by atoms with Crippen LogP contribution in [0.3, 0.4) is 0 Å². The molecule has 132 valence electrons. The van der Waals surface area contributed by atoms with E-state index in [1.54, 1.807) is 7.05 Å². The molecule has 0 saturated carbocycles. The van der Waals surface area contributed by atoms with Crippen LogP contribution in [-0.2, 0) is 29.6 Å². The van der Waals surface area contributed by atoms with E-state index in [1.807, 2.05) is 4.90 Å². The van der Waals surface area contributed by atoms with E-state index >= 15 is 0 Å². The van der Waals surface area contributed by atoms with E-state index in [0.717, 1.165) is 12.0 Å². The summed E-state index contributed by atoms with van der Waals surface area (Å²) in [4.78, 5) is 30.3. The first kappa shape index (κ1) is 17.1. The quantitative estimate of drug-likeness (QED) is 0.870. The van der Waals surface area contributed by atoms with Crippen LogP contribution in [0.25, 0.3) is 0 Å². The molecule has 1 fully saturated rings. The molecule has 25 heavy (non-hydrogen) atoms. The topological polar surface area (TPSA) is 80.1 Å². The average Bonchev–Trinajstić information content (AvgIpc) is 3.16. The minimum Gasteiger partial charge on any atom is -0.335 e. The van der Waals surface area contributed by atoms with Crippen molar-refractivity contribution >= 4 is 17.8 Å². The fraction of sp³-hybridized carbons (Fsp3) is 0.444. The van der Waals surface area contributed by atoms with Crippen molar-refractivity contribution in [3.63, 3.8) is 0 Å². The molecule has 7 heteroatoms. The summed E-state index contributed by atoms with van der Waals surface area (Å²) in [5, 5.41) is 6.67. The summed E-state index contributed by atoms with van der Waals surface area (Å²) >= 11 is 0. The molecule has 1 atom stereocenters. The number of nitrogens with one attached hydrogen (secondary N) is 1. The zero-order valence-corrected chi connectivity index (χ0v) is 14.6. The largest absolute Gasteiger partial charge is 0.335 e. The fourth-order valence-corrected chi connectivity index (χ4v) is 3.10. The number of benzene rings is 1. The van der Waals surface area contributed by atoms with Crippen LogP contribution in [0, 0.1) is 0 Å². The molecule has 7 nitrogen and oxygen atoms in total. The lowest BCUT2D eigenvalue weighted by Gasteiger charge is -2.24. The van der Waals surface area contributed by atoms with E-state index in [9.17, 15) is 9.59 Å². The summed E-state index contributed by atoms with van der Waals surface area (Å²) in [5.41, 5.74) is 2.36. The zero-order chi connectivity index (χ0) is 17.8. The molecular weight excluding hydrogens is 318 g/mol. The molecular formula is C18H23N5O2. The standard InChI is InChI=1S/C18H23N5O2/c1-3-13-4-6-14(7-5-13)11-23-15(8-9-17(23)25)10-16(24)21-18-19-12-20-22(18)2/h4-7,12,15H,3,8-11H2,1-2H3,(H,19,20,21,24). The number of hydrogen-bond acceptors (Lipinski definition) is 4. The molecule has 2 heterocycles. The average molecular weight is 341 g/mol. The first-order chi connectivity index (χ1) is 12.1. The van der Waals surface area contributed by atoms with E-state index in [4.69, 9.17) is 0 Å². The molecule has 0 radical (unpaired) electrons. The summed E-state index contributed by atoms with van der Waals surface area (Å²) in [6, 6.07) is 8.21. The molecule has 1 saturated heterocycles. The van der Waals surface area contributed by atoms with Gasteiger partial charge in [-0.15, -0.1) is 0 Å². The van der Waals surface area contributed by atoms with E-state index < -0.39 is 0 Å². The van der Waals surface area contributed by atoms with E-state index in [2.05, 4.69) is 46.6 Å². The molecule has 1 aromatic carbocycles. The Morgan fingerprint density at radius 2 is 2.00 bits per heavy atom. The van der Waals surface area contributed by atoms with Gasteiger partial charge in [-0.05, 0) is 24.0 Å². The lowest BCUT2D eigenvalue weighted by molar-refractivity contribution is -0.130. The van der Waals surface area contributed by atoms with Crippen molar-refractivity contribution in [2.75, 3.05) is 5.32 Å². The van der Waals surface area contributed by atoms with Crippen molar-refractivity contribution in [2.45, 2.75) is 45.2 Å². The van der Waals surface area contributed by atoms with Gasteiger partial charge in [0.25, 0.3) is 0 Å². The van der Waals surface area contributed by atoms with E-state index in [1.165, 1.54) is 16.6 Å². The third-order valence-corrected chi connectivity index (χ3v) is 4.62. The van der Waals surface area contributed by atoms with Gasteiger partial charge in [-0.2, -0.15) is 10.1 Å². The Labute approximate surface area is 147 Å². The Hall–Kier alpha value is -2.70. The smallest absolute Gasteiger partial charge is 0.228 e. The molecule has 3 rings (SSSR count). The van der Waals surface area contributed by atoms with Crippen LogP contribution in [-0.4, -0.2) is 37.5 Å². The highest BCUT2D eigenvalue weighted by atomic mass is 16.2. The molecule has 1 N–H and O–H groups in total. The molecule has 2 aromatic rings. The highest BCUT2D eigenvalue weighted by Crippen LogP contribution is 2.24. The summed E-state index contributed by atoms with van der Waals surface area (Å²) in [7, 11) is 1.72. The van der Waals surface area contributed by atoms with Gasteiger partial charge in [0.1, 0.15) is 6.33 Å². The van der Waals surface area contributed by atoms with Crippen molar-refractivity contribution in [2.24, 2.45) is 7.05 Å². The SMILES string of the molecule is CCc1ccc(CN2C(=O)CCC2CC(=O)Nc2ncnn2C)cc1. The number of hydrogen-bond donors (Lipinski definition) is 1. The number of anilines is 1. The third kappa shape index (κ3) is 4.04. The van der Waals surface area contributed by atoms with Gasteiger partial charge in [-0.3, -0.25) is 14.9 Å². The number of rotatable bonds is 6. The van der Waals surface area contributed by atoms with Gasteiger partial charge in [-0.25, -0.2) is 4.68 Å². The van der Waals surface area contributed by atoms with Gasteiger partial charge in [0.2, 0.25) is 17.8 Å². The van der Waals surface area contributed by atoms with Gasteiger partial charge in [0.05, 0.1) is 0 Å². The summed E-state index contributed by atoms with van der Waals surface area (Å²) < 4.78 is 1.50. The van der Waals surface area contributed by atoms with Crippen LogP contribution in [0.2, 0.25) is 0 Å². The number of nitrogens with zero attached hydrogens (tertiary/aromatic N) is 4. The number of aryl methyl sites for hydroxylation is 2. The molecule has 1 aliphatic rings. The molecule has 0 bridgehead atoms. The third-order valence-electron chi connectivity index (χ3n) is 4.62. The zero-order valence-electron chi connectivity index (χ0n) is 14.6. The van der Waals surface area contributed by atoms with Crippen LogP contribution < -0.4 is 5.32 Å². The van der Waals surface area contributed by atoms with Crippen LogP contribution in [0.4, 0.5) is 5.95 Å². The second-order valence-electron chi connectivity index (χ2n) is 6.34. The van der Waals surface area contributed by atoms with Crippen molar-refractivity contribution in [1.82, 2.24) is 19.7 Å². The maximum absolute atomic E-state index is 12.3. The van der Waals surface area contributed by atoms with Gasteiger partial charge in [-0.1, -0.05) is 31.2 Å². The van der Waals surface area contributed by atoms with E-state index in [-0.39, 0.29) is 24.3 Å². The van der Waals surface area contributed by atoms with E-state index in [0.29, 0.717) is 25.3 Å². The Bertz CT molecular complexity index is 753. The molecule has 1 aromatic heterocycles. The van der Waals surface area contributed by atoms with Gasteiger partial charge >= 0.3 is 0 Å². The Morgan fingerprint density at radius 3 is 2.64 bits per heavy atom. The number of aromatic nitrogens is 3. The number of carbonyl (C=O) groups is 2. The molecule has 0 spiro atoms. The van der Waals surface area contributed by atoms with Gasteiger partial charge in [0, 0.05) is 32.5 Å². The van der Waals surface area contributed by atoms with Crippen LogP contribution in [0.1, 0.15) is 37.3 Å². The normalized spacial score (nSPS) is 17.1. The molecule has 1 unspecified atom stereocenters. The summed E-state index contributed by atoms with van der Waals surface area (Å²) in [5.74, 6) is 0.370. The van der Waals surface area contributed by atoms with Crippen LogP contribution in [0.5, 0.6) is 0 Å². The van der Waals surface area contributed by atoms with Crippen LogP contribution >= 0.6 is 0 Å². The van der Waals surface area contributed by atoms with Crippen molar-refractivity contribution in [3.05, 3.63) is 41.7 Å². The Kier molecular flexibility index (Phi) is 5.11. The Balaban J connectivity index is 1.62. The van der Waals surface area contributed by atoms with Gasteiger partial charge in [0.15, 0.2) is 0 Å². The maximum Gasteiger partial charge on any atom is 0.228 e. The van der Waals surface area contributed by atoms with Crippen molar-refractivity contribution in [1.29, 1.82) is 0 Å². The fourth-order valence-electron chi connectivity index (χ4n) is 3.10. The summed E-state index contributed by atoms with van der Waals surface area (Å²) in [6.45, 7) is 2.66. The molecule has 1 aliphatic heterocycles. The predicted molar refractivity (Wildman–Crippen MR) is 93.6 cm³/mol. The first-order valence-electron chi connectivity index (χ1n) is 8.58. The number of carbonyl (C=O) groups excluding carboxylic acids is 2. The molecule has 0 aliphatic carbocycles. The Morgan fingerprint density at radius 1 is 1.28 bits per heavy atom. The minimum absolute atomic E-state index is 0.0772. The monoisotopic (exact) mass is 341 g/mol. The number of amides is 2.